The monoisotopic (exact) mass is 1590 g/mol. The van der Waals surface area contributed by atoms with Crippen LogP contribution < -0.4 is 14.2 Å². The van der Waals surface area contributed by atoms with Crippen LogP contribution in [0.4, 0.5) is 0 Å². The van der Waals surface area contributed by atoms with E-state index >= 15 is 0 Å². The quantitative estimate of drug-likeness (QED) is 0.00855. The summed E-state index contributed by atoms with van der Waals surface area (Å²) in [6, 6.07) is 16.2. The largest absolute Gasteiger partial charge is 0.571 e. The van der Waals surface area contributed by atoms with E-state index in [0.29, 0.717) is 5.56 Å². The Morgan fingerprint density at radius 1 is 0.366 bits per heavy atom. The van der Waals surface area contributed by atoms with Crippen LogP contribution in [-0.2, 0) is 61.8 Å². The van der Waals surface area contributed by atoms with Crippen molar-refractivity contribution in [3.63, 3.8) is 0 Å². The number of phenolic OH excluding ortho intramolecular Hbond substituents is 7. The number of phenols is 7. The molecule has 6 heterocycles. The van der Waals surface area contributed by atoms with Crippen molar-refractivity contribution < 1.29 is 198 Å². The van der Waals surface area contributed by atoms with Crippen molar-refractivity contribution >= 4 is 42.2 Å². The number of aliphatic hydroxyl groups is 17. The van der Waals surface area contributed by atoms with Gasteiger partial charge in [0.2, 0.25) is 25.2 Å². The fraction of sp³-hybridized carbons (Fsp3) is 0.431. The van der Waals surface area contributed by atoms with Crippen LogP contribution in [0.15, 0.2) is 109 Å². The van der Waals surface area contributed by atoms with E-state index in [1.54, 1.807) is 0 Å². The minimum Gasteiger partial charge on any atom is -0.571 e. The molecule has 11 rings (SSSR count). The average molecular weight is 1590 g/mol. The third kappa shape index (κ3) is 18.9. The first-order chi connectivity index (χ1) is 53.3. The maximum atomic E-state index is 13.5. The first kappa shape index (κ1) is 83.1. The van der Waals surface area contributed by atoms with Gasteiger partial charge in [0, 0.05) is 30.4 Å². The fourth-order valence-electron chi connectivity index (χ4n) is 12.3. The van der Waals surface area contributed by atoms with E-state index in [1.807, 2.05) is 0 Å². The standard InChI is InChI=1S/C72H80O40/c73-22-44-52(85)57(90)62(95)69(107-44)104-41-20-31(75)19-40-32(41)21-43(66(102-40)30-7-10-34(77)37(80)18-30)106-72-67(112-71-65(98)60(93)55(88)47(110-71)25-100-51(84)14-6-29-2-9-35(78)42(17-29)105-70-63(96)58(91)53(86)45(23-74)108-70)61(94)56(89)48(111-72)26-101-50(83)13-5-28-3-11-39(38(81)16-28)103-68-64(97)59(92)54(87)46(109-68)24-99-49(82)12-4-27-1-8-33(76)36(79)15-27/h1-21,44-48,52-81,85-98H,22-26H2/p+1/b12-4+,13-5+,14-6+/t44-,45-,46+,47-,48+,52-,53-,54-,55-,56-,57+,58+,59+,60+,61+,62-,63-,64-,65-,66?,67-,68-,69-,70-,71+,72-/m1/s1. The molecule has 5 saturated heterocycles. The molecule has 0 radical (unpaired) electrons. The van der Waals surface area contributed by atoms with E-state index in [-0.39, 0.29) is 39.5 Å². The molecule has 40 nitrogen and oxygen atoms in total. The lowest BCUT2D eigenvalue weighted by molar-refractivity contribution is -0.364. The molecule has 6 aliphatic heterocycles. The van der Waals surface area contributed by atoms with Gasteiger partial charge in [0.25, 0.3) is 11.9 Å². The van der Waals surface area contributed by atoms with Crippen molar-refractivity contribution in [2.24, 2.45) is 0 Å². The molecule has 0 amide bonds. The summed E-state index contributed by atoms with van der Waals surface area (Å²) in [5.41, 5.74) is 0.377. The zero-order valence-corrected chi connectivity index (χ0v) is 57.9. The van der Waals surface area contributed by atoms with Gasteiger partial charge < -0.3 is 184 Å². The Kier molecular flexibility index (Phi) is 26.7. The van der Waals surface area contributed by atoms with Crippen LogP contribution in [0.25, 0.3) is 24.3 Å². The second-order valence-corrected chi connectivity index (χ2v) is 26.3. The van der Waals surface area contributed by atoms with Gasteiger partial charge in [-0.1, -0.05) is 18.2 Å². The molecular weight excluding hydrogens is 1500 g/mol. The molecule has 26 atom stereocenters. The number of aliphatic hydroxyl groups excluding tert-OH is 16. The molecule has 0 aliphatic carbocycles. The molecule has 0 spiro atoms. The summed E-state index contributed by atoms with van der Waals surface area (Å²) < 4.78 is 78.9. The Labute approximate surface area is 631 Å². The van der Waals surface area contributed by atoms with E-state index in [4.69, 9.17) is 66.3 Å². The van der Waals surface area contributed by atoms with Crippen molar-refractivity contribution in [1.82, 2.24) is 0 Å². The van der Waals surface area contributed by atoms with Crippen molar-refractivity contribution in [2.75, 3.05) is 33.0 Å². The van der Waals surface area contributed by atoms with E-state index in [2.05, 4.69) is 0 Å². The number of hydrogen-bond donors (Lipinski definition) is 23. The molecule has 608 valence electrons. The average Bonchev–Trinajstić information content (AvgIpc) is 0.760. The maximum Gasteiger partial charge on any atom is 0.330 e. The first-order valence-electron chi connectivity index (χ1n) is 34.2. The second-order valence-electron chi connectivity index (χ2n) is 26.3. The van der Waals surface area contributed by atoms with Crippen LogP contribution in [0.5, 0.6) is 63.2 Å². The van der Waals surface area contributed by atoms with Crippen molar-refractivity contribution in [2.45, 2.75) is 160 Å². The number of hydrogen-bond acceptors (Lipinski definition) is 39. The number of ether oxygens (including phenoxy) is 14. The summed E-state index contributed by atoms with van der Waals surface area (Å²) in [6.07, 6.45) is -42.2. The van der Waals surface area contributed by atoms with Gasteiger partial charge in [-0.2, -0.15) is 0 Å². The van der Waals surface area contributed by atoms with E-state index < -0.39 is 262 Å². The molecule has 24 N–H and O–H groups in total. The molecule has 5 fully saturated rings. The number of esters is 3. The second kappa shape index (κ2) is 35.9. The van der Waals surface area contributed by atoms with E-state index in [9.17, 15) is 132 Å². The topological polar surface area (TPSA) is 649 Å². The Hall–Kier alpha value is -9.81. The number of carbonyl (C=O) groups is 3. The first-order valence-corrected chi connectivity index (χ1v) is 34.2. The van der Waals surface area contributed by atoms with Gasteiger partial charge >= 0.3 is 17.9 Å². The smallest absolute Gasteiger partial charge is 0.330 e. The highest BCUT2D eigenvalue weighted by atomic mass is 16.8. The SMILES string of the molecule is O=C(/C=C/c1ccc(O)c(O)c1)OC[C@@H]1O[C@@H](Oc2ccc(/C=C/C(=O)OC[C@@H]3O[C@@H](OC4=Cc5c(O[C@@H]6O[C@H](CO)[C@@H](O)[C@H](O)[C@H]6O)cc(O)cc5[OH+]C4c4ccc(O)c(O)c4)[C@H](O[C@@H]4O[C@H](COC(=O)/C=C/c5ccc(O)c(O[C@@H]6O[C@H](CO)[C@@H](O)[C@H](O)[C@H]6O)c5)[C@@H](O)[C@H](O)[C@H]4O)[C@@H](O)[C@@H]3O)cc2O)[C@H](O)[C@@H](O)[C@@H]1O. The minimum atomic E-state index is -2.31. The van der Waals surface area contributed by atoms with Crippen LogP contribution >= 0.6 is 0 Å². The molecule has 0 aromatic heterocycles. The highest BCUT2D eigenvalue weighted by molar-refractivity contribution is 5.88. The molecule has 112 heavy (non-hydrogen) atoms. The lowest BCUT2D eigenvalue weighted by atomic mass is 9.97. The molecule has 1 unspecified atom stereocenters. The van der Waals surface area contributed by atoms with E-state index in [1.165, 1.54) is 42.5 Å². The predicted octanol–water partition coefficient (Wildman–Crippen LogP) is -5.07. The Balaban J connectivity index is 0.812. The summed E-state index contributed by atoms with van der Waals surface area (Å²) in [6.45, 7) is -4.24. The molecule has 0 saturated carbocycles. The molecule has 5 aromatic rings. The number of fused-ring (bicyclic) bond motifs is 1. The zero-order valence-electron chi connectivity index (χ0n) is 57.9. The molecule has 0 bridgehead atoms. The van der Waals surface area contributed by atoms with Gasteiger partial charge in [0.05, 0.1) is 24.8 Å². The van der Waals surface area contributed by atoms with Crippen molar-refractivity contribution in [3.05, 3.63) is 137 Å². The predicted molar refractivity (Wildman–Crippen MR) is 366 cm³/mol. The van der Waals surface area contributed by atoms with Crippen LogP contribution in [0.2, 0.25) is 0 Å². The molecule has 40 heteroatoms. The summed E-state index contributed by atoms with van der Waals surface area (Å²) in [7, 11) is 0. The number of carbonyl (C=O) groups excluding carboxylic acids is 3. The lowest BCUT2D eigenvalue weighted by Crippen LogP contribution is -2.64. The van der Waals surface area contributed by atoms with E-state index in [0.717, 1.165) is 85.0 Å². The van der Waals surface area contributed by atoms with Gasteiger partial charge in [0.1, 0.15) is 153 Å². The third-order valence-corrected chi connectivity index (χ3v) is 18.6. The summed E-state index contributed by atoms with van der Waals surface area (Å²) in [5, 5.41) is 245. The Morgan fingerprint density at radius 3 is 1.26 bits per heavy atom. The van der Waals surface area contributed by atoms with Crippen LogP contribution in [0.1, 0.15) is 33.9 Å². The fourth-order valence-corrected chi connectivity index (χ4v) is 12.3. The summed E-state index contributed by atoms with van der Waals surface area (Å²) in [4.78, 5) is 39.3. The maximum absolute atomic E-state index is 13.5. The number of aromatic hydroxyl groups is 8. The van der Waals surface area contributed by atoms with Gasteiger partial charge in [-0.25, -0.2) is 14.4 Å². The highest BCUT2D eigenvalue weighted by Crippen LogP contribution is 2.48. The number of rotatable bonds is 25. The van der Waals surface area contributed by atoms with Gasteiger partial charge in [-0.15, -0.1) is 0 Å². The third-order valence-electron chi connectivity index (χ3n) is 18.6. The van der Waals surface area contributed by atoms with Crippen LogP contribution in [-0.4, -0.2) is 327 Å². The van der Waals surface area contributed by atoms with Gasteiger partial charge in [-0.05, 0) is 89.5 Å². The molecule has 6 aliphatic rings. The van der Waals surface area contributed by atoms with Crippen LogP contribution in [0, 0.1) is 0 Å². The highest BCUT2D eigenvalue weighted by Gasteiger charge is 2.54. The Morgan fingerprint density at radius 2 is 0.768 bits per heavy atom. The normalized spacial score (nSPS) is 33.4. The lowest BCUT2D eigenvalue weighted by Gasteiger charge is -2.46. The van der Waals surface area contributed by atoms with Gasteiger partial charge in [0.15, 0.2) is 64.1 Å². The van der Waals surface area contributed by atoms with Gasteiger partial charge in [-0.3, -0.25) is 0 Å². The zero-order chi connectivity index (χ0) is 80.8. The molecular formula is C72H81O40+. The molecule has 5 aromatic carbocycles. The van der Waals surface area contributed by atoms with Crippen molar-refractivity contribution in [3.8, 4) is 63.2 Å². The van der Waals surface area contributed by atoms with Crippen LogP contribution in [0.3, 0.4) is 0 Å². The number of benzene rings is 5. The summed E-state index contributed by atoms with van der Waals surface area (Å²) in [5.74, 6) is -8.82. The van der Waals surface area contributed by atoms with Crippen molar-refractivity contribution in [1.29, 1.82) is 0 Å². The Bertz CT molecular complexity index is 4240. The minimum absolute atomic E-state index is 0.00330. The summed E-state index contributed by atoms with van der Waals surface area (Å²) >= 11 is 0.